The molecule has 0 atom stereocenters. The molecular weight excluding hydrogens is 246 g/mol. The number of hydrogen-bond acceptors (Lipinski definition) is 2. The Morgan fingerprint density at radius 3 is 2.56 bits per heavy atom. The maximum Gasteiger partial charge on any atom is 0.239 e. The van der Waals surface area contributed by atoms with Crippen molar-refractivity contribution >= 4 is 28.9 Å². The predicted molar refractivity (Wildman–Crippen MR) is 78.8 cm³/mol. The van der Waals surface area contributed by atoms with Crippen molar-refractivity contribution in [2.75, 3.05) is 26.0 Å². The quantitative estimate of drug-likeness (QED) is 0.816. The second kappa shape index (κ2) is 6.35. The molecule has 18 heavy (non-hydrogen) atoms. The smallest absolute Gasteiger partial charge is 0.239 e. The summed E-state index contributed by atoms with van der Waals surface area (Å²) < 4.78 is 0. The molecule has 0 aliphatic heterocycles. The molecule has 0 fully saturated rings. The molecule has 1 aromatic carbocycles. The number of carbonyl (C=O) groups excluding carboxylic acids is 1. The van der Waals surface area contributed by atoms with Gasteiger partial charge in [-0.05, 0) is 49.3 Å². The van der Waals surface area contributed by atoms with Crippen LogP contribution in [-0.2, 0) is 4.79 Å². The highest BCUT2D eigenvalue weighted by Crippen LogP contribution is 2.14. The van der Waals surface area contributed by atoms with E-state index in [-0.39, 0.29) is 12.5 Å². The van der Waals surface area contributed by atoms with E-state index in [2.05, 4.69) is 24.5 Å². The molecule has 0 saturated carbocycles. The minimum Gasteiger partial charge on any atom is -0.358 e. The Morgan fingerprint density at radius 2 is 2.00 bits per heavy atom. The number of aryl methyl sites for hydroxylation is 2. The van der Waals surface area contributed by atoms with E-state index in [1.807, 2.05) is 18.2 Å². The van der Waals surface area contributed by atoms with Gasteiger partial charge in [0.15, 0.2) is 5.11 Å². The van der Waals surface area contributed by atoms with Gasteiger partial charge in [-0.25, -0.2) is 0 Å². The minimum atomic E-state index is -0.0678. The molecular formula is C13H19N3OS. The van der Waals surface area contributed by atoms with Crippen LogP contribution in [0.2, 0.25) is 0 Å². The number of thiocarbonyl (C=S) groups is 1. The molecule has 0 bridgehead atoms. The lowest BCUT2D eigenvalue weighted by atomic mass is 10.1. The number of carbonyl (C=O) groups is 1. The van der Waals surface area contributed by atoms with E-state index in [9.17, 15) is 4.79 Å². The Kier molecular flexibility index (Phi) is 5.09. The normalized spacial score (nSPS) is 9.78. The van der Waals surface area contributed by atoms with Crippen LogP contribution in [0.3, 0.4) is 0 Å². The number of rotatable bonds is 3. The van der Waals surface area contributed by atoms with Crippen molar-refractivity contribution in [2.45, 2.75) is 13.8 Å². The third-order valence-corrected chi connectivity index (χ3v) is 3.18. The number of likely N-dealkylation sites (N-methyl/N-ethyl adjacent to an activating group) is 2. The summed E-state index contributed by atoms with van der Waals surface area (Å²) in [5.74, 6) is -0.0678. The molecule has 1 aromatic rings. The summed E-state index contributed by atoms with van der Waals surface area (Å²) in [6, 6.07) is 6.05. The zero-order valence-corrected chi connectivity index (χ0v) is 12.0. The molecule has 1 amide bonds. The van der Waals surface area contributed by atoms with Crippen LogP contribution in [0.1, 0.15) is 11.1 Å². The molecule has 98 valence electrons. The first kappa shape index (κ1) is 14.4. The number of hydrogen-bond donors (Lipinski definition) is 2. The van der Waals surface area contributed by atoms with Gasteiger partial charge in [-0.2, -0.15) is 0 Å². The fourth-order valence-electron chi connectivity index (χ4n) is 1.40. The van der Waals surface area contributed by atoms with Gasteiger partial charge < -0.3 is 15.5 Å². The molecule has 0 aromatic heterocycles. The molecule has 0 heterocycles. The van der Waals surface area contributed by atoms with Crippen molar-refractivity contribution < 1.29 is 4.79 Å². The lowest BCUT2D eigenvalue weighted by Crippen LogP contribution is -2.39. The lowest BCUT2D eigenvalue weighted by Gasteiger charge is -2.20. The van der Waals surface area contributed by atoms with Crippen molar-refractivity contribution in [1.29, 1.82) is 0 Å². The summed E-state index contributed by atoms with van der Waals surface area (Å²) in [6.07, 6.45) is 0. The number of nitrogens with one attached hydrogen (secondary N) is 2. The highest BCUT2D eigenvalue weighted by molar-refractivity contribution is 7.80. The molecule has 5 heteroatoms. The second-order valence-electron chi connectivity index (χ2n) is 4.26. The molecule has 0 unspecified atom stereocenters. The van der Waals surface area contributed by atoms with E-state index >= 15 is 0 Å². The summed E-state index contributed by atoms with van der Waals surface area (Å²) in [6.45, 7) is 4.36. The molecule has 0 aliphatic rings. The van der Waals surface area contributed by atoms with Gasteiger partial charge in [0.1, 0.15) is 0 Å². The molecule has 1 rings (SSSR count). The van der Waals surface area contributed by atoms with E-state index in [0.717, 1.165) is 5.69 Å². The van der Waals surface area contributed by atoms with Crippen LogP contribution in [0, 0.1) is 13.8 Å². The van der Waals surface area contributed by atoms with Gasteiger partial charge in [0.05, 0.1) is 6.54 Å². The fraction of sp³-hybridized carbons (Fsp3) is 0.385. The van der Waals surface area contributed by atoms with Crippen molar-refractivity contribution in [3.05, 3.63) is 29.3 Å². The summed E-state index contributed by atoms with van der Waals surface area (Å²) in [4.78, 5) is 12.9. The van der Waals surface area contributed by atoms with E-state index in [0.29, 0.717) is 5.11 Å². The van der Waals surface area contributed by atoms with Gasteiger partial charge in [-0.1, -0.05) is 6.07 Å². The van der Waals surface area contributed by atoms with Gasteiger partial charge >= 0.3 is 0 Å². The molecule has 0 aliphatic carbocycles. The Hall–Kier alpha value is -1.62. The van der Waals surface area contributed by atoms with Crippen LogP contribution in [0.5, 0.6) is 0 Å². The standard InChI is InChI=1S/C13H19N3OS/c1-9-5-6-11(7-10(9)2)15-13(18)16(4)8-12(17)14-3/h5-7H,8H2,1-4H3,(H,14,17)(H,15,18). The zero-order valence-electron chi connectivity index (χ0n) is 11.2. The highest BCUT2D eigenvalue weighted by atomic mass is 32.1. The summed E-state index contributed by atoms with van der Waals surface area (Å²) in [7, 11) is 3.39. The first-order valence-electron chi connectivity index (χ1n) is 5.74. The van der Waals surface area contributed by atoms with Crippen LogP contribution in [0.25, 0.3) is 0 Å². The number of benzene rings is 1. The zero-order chi connectivity index (χ0) is 13.7. The van der Waals surface area contributed by atoms with Crippen LogP contribution >= 0.6 is 12.2 Å². The minimum absolute atomic E-state index is 0.0678. The van der Waals surface area contributed by atoms with Crippen molar-refractivity contribution in [1.82, 2.24) is 10.2 Å². The van der Waals surface area contributed by atoms with Crippen molar-refractivity contribution in [3.63, 3.8) is 0 Å². The van der Waals surface area contributed by atoms with Gasteiger partial charge in [-0.15, -0.1) is 0 Å². The molecule has 4 nitrogen and oxygen atoms in total. The van der Waals surface area contributed by atoms with E-state index in [1.54, 1.807) is 19.0 Å². The molecule has 0 saturated heterocycles. The topological polar surface area (TPSA) is 44.4 Å². The first-order chi connectivity index (χ1) is 8.43. The fourth-order valence-corrected chi connectivity index (χ4v) is 1.59. The Balaban J connectivity index is 2.63. The average Bonchev–Trinajstić information content (AvgIpc) is 2.33. The molecule has 0 spiro atoms. The van der Waals surface area contributed by atoms with Crippen molar-refractivity contribution in [2.24, 2.45) is 0 Å². The van der Waals surface area contributed by atoms with Crippen LogP contribution in [0.4, 0.5) is 5.69 Å². The van der Waals surface area contributed by atoms with E-state index in [4.69, 9.17) is 12.2 Å². The van der Waals surface area contributed by atoms with Gasteiger partial charge in [0, 0.05) is 19.8 Å². The van der Waals surface area contributed by atoms with Gasteiger partial charge in [-0.3, -0.25) is 4.79 Å². The Bertz CT molecular complexity index is 460. The number of anilines is 1. The van der Waals surface area contributed by atoms with Crippen molar-refractivity contribution in [3.8, 4) is 0 Å². The van der Waals surface area contributed by atoms with Gasteiger partial charge in [0.2, 0.25) is 5.91 Å². The maximum absolute atomic E-state index is 11.2. The number of amides is 1. The summed E-state index contributed by atoms with van der Waals surface area (Å²) in [5.41, 5.74) is 3.38. The third-order valence-electron chi connectivity index (χ3n) is 2.76. The first-order valence-corrected chi connectivity index (χ1v) is 6.15. The largest absolute Gasteiger partial charge is 0.358 e. The maximum atomic E-state index is 11.2. The summed E-state index contributed by atoms with van der Waals surface area (Å²) >= 11 is 5.24. The predicted octanol–water partition coefficient (Wildman–Crippen LogP) is 1.68. The van der Waals surface area contributed by atoms with Crippen LogP contribution in [0.15, 0.2) is 18.2 Å². The molecule has 2 N–H and O–H groups in total. The third kappa shape index (κ3) is 4.00. The second-order valence-corrected chi connectivity index (χ2v) is 4.65. The average molecular weight is 265 g/mol. The Labute approximate surface area is 113 Å². The van der Waals surface area contributed by atoms with E-state index < -0.39 is 0 Å². The van der Waals surface area contributed by atoms with E-state index in [1.165, 1.54) is 11.1 Å². The summed E-state index contributed by atoms with van der Waals surface area (Å²) in [5, 5.41) is 6.21. The number of nitrogens with zero attached hydrogens (tertiary/aromatic N) is 1. The highest BCUT2D eigenvalue weighted by Gasteiger charge is 2.08. The Morgan fingerprint density at radius 1 is 1.33 bits per heavy atom. The van der Waals surface area contributed by atoms with Crippen LogP contribution in [-0.4, -0.2) is 36.6 Å². The van der Waals surface area contributed by atoms with Gasteiger partial charge in [0.25, 0.3) is 0 Å². The molecule has 0 radical (unpaired) electrons. The lowest BCUT2D eigenvalue weighted by molar-refractivity contribution is -0.120. The SMILES string of the molecule is CNC(=O)CN(C)C(=S)Nc1ccc(C)c(C)c1. The monoisotopic (exact) mass is 265 g/mol. The van der Waals surface area contributed by atoms with Crippen LogP contribution < -0.4 is 10.6 Å².